The molecule has 0 spiro atoms. The third-order valence-corrected chi connectivity index (χ3v) is 10.1. The van der Waals surface area contributed by atoms with Crippen molar-refractivity contribution in [2.24, 2.45) is 0 Å². The Hall–Kier alpha value is -4.88. The van der Waals surface area contributed by atoms with E-state index in [0.29, 0.717) is 35.1 Å². The van der Waals surface area contributed by atoms with Gasteiger partial charge in [-0.3, -0.25) is 23.9 Å². The van der Waals surface area contributed by atoms with Crippen molar-refractivity contribution in [3.63, 3.8) is 0 Å². The fourth-order valence-electron chi connectivity index (χ4n) is 7.23. The van der Waals surface area contributed by atoms with E-state index < -0.39 is 61.2 Å². The smallest absolute Gasteiger partial charge is 0.328 e. The number of hydrogen-bond donors (Lipinski definition) is 0. The topological polar surface area (TPSA) is 128 Å². The van der Waals surface area contributed by atoms with Crippen molar-refractivity contribution >= 4 is 34.2 Å². The monoisotopic (exact) mass is 720 g/mol. The largest absolute Gasteiger partial charge is 0.433 e. The van der Waals surface area contributed by atoms with E-state index in [-0.39, 0.29) is 42.2 Å². The summed E-state index contributed by atoms with van der Waals surface area (Å²) in [5, 5.41) is 5.10. The fraction of sp³-hybridized carbons (Fsp3) is 0.474. The Kier molecular flexibility index (Phi) is 10.4. The van der Waals surface area contributed by atoms with Gasteiger partial charge in [-0.05, 0) is 74.4 Å². The molecule has 2 bridgehead atoms. The van der Waals surface area contributed by atoms with E-state index in [4.69, 9.17) is 0 Å². The molecule has 2 atom stereocenters. The van der Waals surface area contributed by atoms with Gasteiger partial charge in [-0.2, -0.15) is 18.3 Å². The van der Waals surface area contributed by atoms with Crippen LogP contribution in [0, 0.1) is 13.8 Å². The SMILES string of the molecule is CC(=O)c1nn2c3c(cc(-c4cnc(C)nc4)cc13)CCCCCCC(=O)CC[C@]1(F)C[C@@H](C(=O)Cc3nc(C(F)(F)F)ccc3C)N(C1)C(=O)C2. The minimum absolute atomic E-state index is 0.0631. The number of halogens is 4. The maximum absolute atomic E-state index is 16.6. The van der Waals surface area contributed by atoms with Crippen LogP contribution in [0.5, 0.6) is 0 Å². The third kappa shape index (κ3) is 7.95. The zero-order valence-electron chi connectivity index (χ0n) is 29.4. The molecule has 0 unspecified atom stereocenters. The predicted octanol–water partition coefficient (Wildman–Crippen LogP) is 6.70. The zero-order valence-corrected chi connectivity index (χ0v) is 29.4. The van der Waals surface area contributed by atoms with Gasteiger partial charge in [-0.1, -0.05) is 18.9 Å². The Morgan fingerprint density at radius 1 is 0.962 bits per heavy atom. The average molecular weight is 721 g/mol. The van der Waals surface area contributed by atoms with E-state index in [1.54, 1.807) is 19.3 Å². The Bertz CT molecular complexity index is 2040. The summed E-state index contributed by atoms with van der Waals surface area (Å²) in [6, 6.07) is 4.50. The predicted molar refractivity (Wildman–Crippen MR) is 183 cm³/mol. The quantitative estimate of drug-likeness (QED) is 0.165. The molecule has 10 nitrogen and oxygen atoms in total. The molecule has 2 aliphatic rings. The lowest BCUT2D eigenvalue weighted by atomic mass is 9.92. The Balaban J connectivity index is 1.40. The number of hydrogen-bond acceptors (Lipinski definition) is 8. The number of carbonyl (C=O) groups excluding carboxylic acids is 4. The Labute approximate surface area is 298 Å². The molecular weight excluding hydrogens is 680 g/mol. The van der Waals surface area contributed by atoms with E-state index in [1.165, 1.54) is 24.6 Å². The van der Waals surface area contributed by atoms with E-state index >= 15 is 4.39 Å². The van der Waals surface area contributed by atoms with Gasteiger partial charge in [-0.25, -0.2) is 19.3 Å². The number of aromatic nitrogens is 5. The number of aryl methyl sites for hydroxylation is 3. The standard InChI is InChI=1S/C38H40F4N6O4/c1-22-10-11-33(38(40,41)42)45-30(22)16-32(51)31-17-37(39)13-12-28(50)9-7-5-4-6-8-25-14-26(27-18-43-24(3)44-19-27)15-29-35(23(2)49)46-48(36(25)29)20-34(52)47(31)21-37/h10-11,14-15,18-19,31H,4-9,12-13,16-17,20-21H2,1-3H3/t31-,37-/m0/s1. The molecule has 2 aliphatic heterocycles. The first-order chi connectivity index (χ1) is 24.6. The molecule has 1 saturated heterocycles. The minimum Gasteiger partial charge on any atom is -0.328 e. The van der Waals surface area contributed by atoms with Crippen molar-refractivity contribution in [3.05, 3.63) is 70.7 Å². The summed E-state index contributed by atoms with van der Waals surface area (Å²) in [6.07, 6.45) is 1.28. The molecule has 1 aromatic carbocycles. The second-order valence-electron chi connectivity index (χ2n) is 14.1. The van der Waals surface area contributed by atoms with Gasteiger partial charge < -0.3 is 4.90 Å². The van der Waals surface area contributed by atoms with Crippen LogP contribution in [0.1, 0.15) is 97.1 Å². The number of ketones is 3. The van der Waals surface area contributed by atoms with Gasteiger partial charge in [0.2, 0.25) is 5.91 Å². The summed E-state index contributed by atoms with van der Waals surface area (Å²) in [4.78, 5) is 67.2. The molecule has 52 heavy (non-hydrogen) atoms. The highest BCUT2D eigenvalue weighted by molar-refractivity contribution is 6.07. The number of nitrogens with zero attached hydrogens (tertiary/aromatic N) is 6. The summed E-state index contributed by atoms with van der Waals surface area (Å²) in [5.41, 5.74) is 0.0117. The van der Waals surface area contributed by atoms with Crippen LogP contribution in [0.2, 0.25) is 0 Å². The molecule has 6 rings (SSSR count). The van der Waals surface area contributed by atoms with E-state index in [1.807, 2.05) is 12.1 Å². The summed E-state index contributed by atoms with van der Waals surface area (Å²) >= 11 is 0. The maximum Gasteiger partial charge on any atom is 0.433 e. The minimum atomic E-state index is -4.74. The summed E-state index contributed by atoms with van der Waals surface area (Å²) in [6.45, 7) is 3.77. The molecule has 4 aromatic rings. The van der Waals surface area contributed by atoms with Crippen molar-refractivity contribution in [3.8, 4) is 11.1 Å². The zero-order chi connectivity index (χ0) is 37.4. The molecule has 0 N–H and O–H groups in total. The molecule has 1 fully saturated rings. The van der Waals surface area contributed by atoms with Crippen LogP contribution in [0.25, 0.3) is 22.0 Å². The molecule has 0 aliphatic carbocycles. The van der Waals surface area contributed by atoms with Crippen molar-refractivity contribution < 1.29 is 36.7 Å². The number of pyridine rings is 1. The van der Waals surface area contributed by atoms with Crippen LogP contribution in [-0.4, -0.2) is 71.1 Å². The van der Waals surface area contributed by atoms with Crippen LogP contribution >= 0.6 is 0 Å². The molecule has 274 valence electrons. The second-order valence-corrected chi connectivity index (χ2v) is 14.1. The van der Waals surface area contributed by atoms with E-state index in [2.05, 4.69) is 20.1 Å². The van der Waals surface area contributed by atoms with E-state index in [9.17, 15) is 32.3 Å². The highest BCUT2D eigenvalue weighted by Gasteiger charge is 2.49. The number of benzene rings is 1. The van der Waals surface area contributed by atoms with Gasteiger partial charge in [-0.15, -0.1) is 0 Å². The highest BCUT2D eigenvalue weighted by atomic mass is 19.4. The summed E-state index contributed by atoms with van der Waals surface area (Å²) in [7, 11) is 0. The van der Waals surface area contributed by atoms with Gasteiger partial charge in [0.15, 0.2) is 11.6 Å². The van der Waals surface area contributed by atoms with Crippen molar-refractivity contribution in [1.29, 1.82) is 0 Å². The lowest BCUT2D eigenvalue weighted by molar-refractivity contribution is -0.141. The number of alkyl halides is 4. The Morgan fingerprint density at radius 3 is 2.37 bits per heavy atom. The summed E-state index contributed by atoms with van der Waals surface area (Å²) in [5.74, 6) is -1.15. The first-order valence-corrected chi connectivity index (χ1v) is 17.5. The normalized spacial score (nSPS) is 20.7. The molecular formula is C38H40F4N6O4. The number of amides is 1. The summed E-state index contributed by atoms with van der Waals surface area (Å²) < 4.78 is 58.4. The Morgan fingerprint density at radius 2 is 1.67 bits per heavy atom. The lowest BCUT2D eigenvalue weighted by Gasteiger charge is -2.24. The van der Waals surface area contributed by atoms with Crippen molar-refractivity contribution in [1.82, 2.24) is 29.6 Å². The van der Waals surface area contributed by atoms with Crippen LogP contribution in [0.4, 0.5) is 17.6 Å². The first-order valence-electron chi connectivity index (χ1n) is 17.5. The van der Waals surface area contributed by atoms with Gasteiger partial charge in [0, 0.05) is 49.5 Å². The van der Waals surface area contributed by atoms with Crippen LogP contribution in [0.3, 0.4) is 0 Å². The number of Topliss-reactive ketones (excluding diaryl/α,β-unsaturated/α-hetero) is 3. The van der Waals surface area contributed by atoms with Gasteiger partial charge in [0.1, 0.15) is 35.2 Å². The van der Waals surface area contributed by atoms with Gasteiger partial charge >= 0.3 is 6.18 Å². The molecule has 14 heteroatoms. The van der Waals surface area contributed by atoms with Crippen molar-refractivity contribution in [2.45, 2.75) is 109 Å². The highest BCUT2D eigenvalue weighted by Crippen LogP contribution is 2.38. The van der Waals surface area contributed by atoms with E-state index in [0.717, 1.165) is 46.9 Å². The molecule has 3 aromatic heterocycles. The van der Waals surface area contributed by atoms with Gasteiger partial charge in [0.05, 0.1) is 30.2 Å². The number of rotatable bonds is 5. The van der Waals surface area contributed by atoms with Crippen LogP contribution in [-0.2, 0) is 39.9 Å². The second kappa shape index (κ2) is 14.6. The molecule has 0 saturated carbocycles. The first kappa shape index (κ1) is 36.9. The third-order valence-electron chi connectivity index (χ3n) is 10.1. The van der Waals surface area contributed by atoms with Crippen molar-refractivity contribution in [2.75, 3.05) is 6.54 Å². The number of carbonyl (C=O) groups is 4. The molecule has 1 amide bonds. The maximum atomic E-state index is 16.6. The van der Waals surface area contributed by atoms with Crippen LogP contribution < -0.4 is 0 Å². The molecule has 0 radical (unpaired) electrons. The number of fused-ring (bicyclic) bond motifs is 2. The lowest BCUT2D eigenvalue weighted by Crippen LogP contribution is -2.43. The van der Waals surface area contributed by atoms with Gasteiger partial charge in [0.25, 0.3) is 0 Å². The van der Waals surface area contributed by atoms with Crippen LogP contribution in [0.15, 0.2) is 36.7 Å². The fourth-order valence-corrected chi connectivity index (χ4v) is 7.23. The molecule has 5 heterocycles. The average Bonchev–Trinajstić information content (AvgIpc) is 3.64.